The summed E-state index contributed by atoms with van der Waals surface area (Å²) in [5.41, 5.74) is 1.02. The van der Waals surface area contributed by atoms with E-state index in [2.05, 4.69) is 10.3 Å². The zero-order valence-corrected chi connectivity index (χ0v) is 12.0. The predicted octanol–water partition coefficient (Wildman–Crippen LogP) is 2.72. The van der Waals surface area contributed by atoms with E-state index in [1.165, 1.54) is 0 Å². The molecule has 0 unspecified atom stereocenters. The average molecular weight is 275 g/mol. The van der Waals surface area contributed by atoms with Crippen LogP contribution < -0.4 is 10.1 Å². The maximum atomic E-state index is 5.31. The molecule has 0 aliphatic carbocycles. The largest absolute Gasteiger partial charge is 0.497 e. The van der Waals surface area contributed by atoms with E-state index in [-0.39, 0.29) is 0 Å². The number of nitrogens with zero attached hydrogens (tertiary/aromatic N) is 2. The van der Waals surface area contributed by atoms with Crippen LogP contribution in [-0.4, -0.2) is 36.4 Å². The Morgan fingerprint density at radius 3 is 3.05 bits per heavy atom. The Morgan fingerprint density at radius 1 is 1.35 bits per heavy atom. The maximum absolute atomic E-state index is 5.31. The molecule has 0 aliphatic rings. The molecule has 0 fully saturated rings. The van der Waals surface area contributed by atoms with E-state index < -0.39 is 0 Å². The third-order valence-electron chi connectivity index (χ3n) is 2.92. The highest BCUT2D eigenvalue weighted by Crippen LogP contribution is 2.19. The van der Waals surface area contributed by atoms with E-state index in [9.17, 15) is 0 Å². The molecule has 20 heavy (non-hydrogen) atoms. The zero-order chi connectivity index (χ0) is 14.2. The van der Waals surface area contributed by atoms with Crippen molar-refractivity contribution in [3.05, 3.63) is 36.7 Å². The van der Waals surface area contributed by atoms with Crippen molar-refractivity contribution in [3.8, 4) is 11.4 Å². The molecule has 2 rings (SSSR count). The number of anilines is 1. The Kier molecular flexibility index (Phi) is 5.43. The number of imidazole rings is 1. The number of hydrogen-bond acceptors (Lipinski definition) is 4. The van der Waals surface area contributed by atoms with E-state index in [0.29, 0.717) is 0 Å². The Labute approximate surface area is 119 Å². The van der Waals surface area contributed by atoms with E-state index in [0.717, 1.165) is 43.6 Å². The molecule has 2 aromatic rings. The Hall–Kier alpha value is -2.01. The number of ether oxygens (including phenoxy) is 2. The molecule has 0 atom stereocenters. The topological polar surface area (TPSA) is 48.3 Å². The highest BCUT2D eigenvalue weighted by molar-refractivity contribution is 5.45. The Balaban J connectivity index is 2.00. The van der Waals surface area contributed by atoms with Crippen LogP contribution in [0.2, 0.25) is 0 Å². The van der Waals surface area contributed by atoms with Gasteiger partial charge in [0.1, 0.15) is 5.75 Å². The Bertz CT molecular complexity index is 525. The van der Waals surface area contributed by atoms with Crippen LogP contribution >= 0.6 is 0 Å². The van der Waals surface area contributed by atoms with Crippen molar-refractivity contribution in [2.75, 3.05) is 32.2 Å². The van der Waals surface area contributed by atoms with Crippen LogP contribution in [-0.2, 0) is 4.74 Å². The summed E-state index contributed by atoms with van der Waals surface area (Å²) >= 11 is 0. The molecule has 5 heteroatoms. The van der Waals surface area contributed by atoms with Crippen LogP contribution in [0, 0.1) is 0 Å². The summed E-state index contributed by atoms with van der Waals surface area (Å²) in [6.45, 7) is 4.37. The summed E-state index contributed by atoms with van der Waals surface area (Å²) < 4.78 is 12.6. The van der Waals surface area contributed by atoms with Crippen LogP contribution in [0.4, 0.5) is 5.95 Å². The maximum Gasteiger partial charge on any atom is 0.207 e. The molecule has 1 aromatic carbocycles. The van der Waals surface area contributed by atoms with Gasteiger partial charge in [0.2, 0.25) is 5.95 Å². The average Bonchev–Trinajstić information content (AvgIpc) is 2.95. The molecule has 1 N–H and O–H groups in total. The summed E-state index contributed by atoms with van der Waals surface area (Å²) in [5.74, 6) is 1.66. The first-order valence-corrected chi connectivity index (χ1v) is 6.84. The van der Waals surface area contributed by atoms with Gasteiger partial charge in [0.15, 0.2) is 0 Å². The molecule has 0 bridgehead atoms. The van der Waals surface area contributed by atoms with E-state index >= 15 is 0 Å². The van der Waals surface area contributed by atoms with Crippen molar-refractivity contribution < 1.29 is 9.47 Å². The van der Waals surface area contributed by atoms with E-state index in [1.807, 2.05) is 42.0 Å². The van der Waals surface area contributed by atoms with Gasteiger partial charge in [0.05, 0.1) is 12.8 Å². The summed E-state index contributed by atoms with van der Waals surface area (Å²) in [7, 11) is 1.67. The second kappa shape index (κ2) is 7.55. The van der Waals surface area contributed by atoms with Gasteiger partial charge >= 0.3 is 0 Å². The normalized spacial score (nSPS) is 10.5. The Morgan fingerprint density at radius 2 is 2.25 bits per heavy atom. The summed E-state index contributed by atoms with van der Waals surface area (Å²) in [6.07, 6.45) is 4.67. The number of rotatable bonds is 8. The molecule has 0 saturated heterocycles. The molecule has 108 valence electrons. The van der Waals surface area contributed by atoms with Crippen molar-refractivity contribution in [1.82, 2.24) is 9.55 Å². The van der Waals surface area contributed by atoms with Gasteiger partial charge in [0.25, 0.3) is 0 Å². The summed E-state index contributed by atoms with van der Waals surface area (Å²) in [5, 5.41) is 3.32. The van der Waals surface area contributed by atoms with Crippen molar-refractivity contribution >= 4 is 5.95 Å². The lowest BCUT2D eigenvalue weighted by molar-refractivity contribution is 0.147. The third-order valence-corrected chi connectivity index (χ3v) is 2.92. The second-order valence-corrected chi connectivity index (χ2v) is 4.30. The van der Waals surface area contributed by atoms with Crippen LogP contribution in [0.3, 0.4) is 0 Å². The summed E-state index contributed by atoms with van der Waals surface area (Å²) in [6, 6.07) is 7.89. The zero-order valence-electron chi connectivity index (χ0n) is 12.0. The number of benzene rings is 1. The third kappa shape index (κ3) is 3.74. The molecule has 1 aromatic heterocycles. The minimum atomic E-state index is 0.762. The molecule has 0 aliphatic heterocycles. The molecule has 0 spiro atoms. The van der Waals surface area contributed by atoms with Crippen LogP contribution in [0.25, 0.3) is 5.69 Å². The van der Waals surface area contributed by atoms with Gasteiger partial charge in [-0.3, -0.25) is 4.57 Å². The van der Waals surface area contributed by atoms with Gasteiger partial charge in [-0.25, -0.2) is 4.98 Å². The van der Waals surface area contributed by atoms with Gasteiger partial charge in [-0.1, -0.05) is 6.07 Å². The minimum Gasteiger partial charge on any atom is -0.497 e. The van der Waals surface area contributed by atoms with E-state index in [1.54, 1.807) is 13.3 Å². The fourth-order valence-corrected chi connectivity index (χ4v) is 1.92. The molecule has 0 amide bonds. The first-order chi connectivity index (χ1) is 9.85. The quantitative estimate of drug-likeness (QED) is 0.753. The molecular formula is C15H21N3O2. The monoisotopic (exact) mass is 275 g/mol. The van der Waals surface area contributed by atoms with Crippen molar-refractivity contribution in [3.63, 3.8) is 0 Å². The standard InChI is InChI=1S/C15H21N3O2/c1-3-20-11-5-8-16-15-17-9-10-18(15)13-6-4-7-14(12-13)19-2/h4,6-7,9-10,12H,3,5,8,11H2,1-2H3,(H,16,17). The first kappa shape index (κ1) is 14.4. The van der Waals surface area contributed by atoms with Crippen molar-refractivity contribution in [1.29, 1.82) is 0 Å². The molecule has 1 heterocycles. The lowest BCUT2D eigenvalue weighted by atomic mass is 10.3. The van der Waals surface area contributed by atoms with Gasteiger partial charge in [-0.2, -0.15) is 0 Å². The van der Waals surface area contributed by atoms with Crippen LogP contribution in [0.15, 0.2) is 36.7 Å². The number of aromatic nitrogens is 2. The number of nitrogens with one attached hydrogen (secondary N) is 1. The molecule has 0 saturated carbocycles. The van der Waals surface area contributed by atoms with Crippen molar-refractivity contribution in [2.24, 2.45) is 0 Å². The fourth-order valence-electron chi connectivity index (χ4n) is 1.92. The molecular weight excluding hydrogens is 254 g/mol. The second-order valence-electron chi connectivity index (χ2n) is 4.30. The predicted molar refractivity (Wildman–Crippen MR) is 79.7 cm³/mol. The first-order valence-electron chi connectivity index (χ1n) is 6.84. The van der Waals surface area contributed by atoms with Gasteiger partial charge in [-0.05, 0) is 25.5 Å². The number of hydrogen-bond donors (Lipinski definition) is 1. The van der Waals surface area contributed by atoms with Gasteiger partial charge < -0.3 is 14.8 Å². The van der Waals surface area contributed by atoms with Gasteiger partial charge in [-0.15, -0.1) is 0 Å². The highest BCUT2D eigenvalue weighted by Gasteiger charge is 2.05. The molecule has 0 radical (unpaired) electrons. The minimum absolute atomic E-state index is 0.762. The fraction of sp³-hybridized carbons (Fsp3) is 0.400. The lowest BCUT2D eigenvalue weighted by Crippen LogP contribution is -2.09. The SMILES string of the molecule is CCOCCCNc1nccn1-c1cccc(OC)c1. The number of methoxy groups -OCH3 is 1. The van der Waals surface area contributed by atoms with Crippen molar-refractivity contribution in [2.45, 2.75) is 13.3 Å². The highest BCUT2D eigenvalue weighted by atomic mass is 16.5. The summed E-state index contributed by atoms with van der Waals surface area (Å²) in [4.78, 5) is 4.34. The van der Waals surface area contributed by atoms with E-state index in [4.69, 9.17) is 9.47 Å². The van der Waals surface area contributed by atoms with Crippen LogP contribution in [0.5, 0.6) is 5.75 Å². The molecule has 5 nitrogen and oxygen atoms in total. The lowest BCUT2D eigenvalue weighted by Gasteiger charge is -2.10. The van der Waals surface area contributed by atoms with Gasteiger partial charge in [0, 0.05) is 38.2 Å². The smallest absolute Gasteiger partial charge is 0.207 e. The van der Waals surface area contributed by atoms with Crippen LogP contribution in [0.1, 0.15) is 13.3 Å².